The number of aromatic nitrogens is 1. The molecule has 0 radical (unpaired) electrons. The average molecular weight is 312 g/mol. The summed E-state index contributed by atoms with van der Waals surface area (Å²) >= 11 is 0. The van der Waals surface area contributed by atoms with Gasteiger partial charge in [-0.2, -0.15) is 5.26 Å². The Balaban J connectivity index is 2.13. The van der Waals surface area contributed by atoms with Crippen LogP contribution in [-0.4, -0.2) is 21.1 Å². The highest BCUT2D eigenvalue weighted by atomic mass is 32.3. The lowest BCUT2D eigenvalue weighted by Crippen LogP contribution is -2.36. The fraction of sp³-hybridized carbons (Fsp3) is 0.333. The molecular weight excluding hydrogens is 292 g/mol. The van der Waals surface area contributed by atoms with Gasteiger partial charge in [0.2, 0.25) is 5.88 Å². The summed E-state index contributed by atoms with van der Waals surface area (Å²) in [6.07, 6.45) is 4.99. The highest BCUT2D eigenvalue weighted by Crippen LogP contribution is 2.68. The van der Waals surface area contributed by atoms with E-state index in [0.29, 0.717) is 0 Å². The van der Waals surface area contributed by atoms with Crippen molar-refractivity contribution in [1.82, 2.24) is 4.98 Å². The van der Waals surface area contributed by atoms with Crippen LogP contribution in [-0.2, 0) is 12.2 Å². The van der Waals surface area contributed by atoms with Gasteiger partial charge in [0.15, 0.2) is 0 Å². The summed E-state index contributed by atoms with van der Waals surface area (Å²) in [5.41, 5.74) is 3.33. The zero-order valence-corrected chi connectivity index (χ0v) is 13.9. The largest absolute Gasteiger partial charge is 0.493 e. The number of aromatic hydroxyl groups is 1. The van der Waals surface area contributed by atoms with Crippen molar-refractivity contribution in [2.45, 2.75) is 35.7 Å². The molecule has 1 aliphatic heterocycles. The van der Waals surface area contributed by atoms with E-state index in [-0.39, 0.29) is 10.6 Å². The van der Waals surface area contributed by atoms with Gasteiger partial charge in [0.05, 0.1) is 11.6 Å². The van der Waals surface area contributed by atoms with Crippen molar-refractivity contribution in [3.8, 4) is 11.9 Å². The fourth-order valence-electron chi connectivity index (χ4n) is 3.21. The van der Waals surface area contributed by atoms with Gasteiger partial charge < -0.3 is 5.11 Å². The predicted molar refractivity (Wildman–Crippen MR) is 90.3 cm³/mol. The molecule has 0 amide bonds. The van der Waals surface area contributed by atoms with Crippen molar-refractivity contribution >= 4 is 10.0 Å². The molecule has 2 aromatic rings. The highest BCUT2D eigenvalue weighted by molar-refractivity contribution is 8.33. The molecule has 3 rings (SSSR count). The second-order valence-corrected chi connectivity index (χ2v) is 10.7. The Labute approximate surface area is 133 Å². The van der Waals surface area contributed by atoms with Crippen LogP contribution in [0.2, 0.25) is 0 Å². The lowest BCUT2D eigenvalue weighted by Gasteiger charge is -2.53. The van der Waals surface area contributed by atoms with Crippen LogP contribution in [0.5, 0.6) is 5.88 Å². The monoisotopic (exact) mass is 312 g/mol. The van der Waals surface area contributed by atoms with Crippen molar-refractivity contribution in [2.75, 3.05) is 6.26 Å². The van der Waals surface area contributed by atoms with E-state index in [1.807, 2.05) is 18.2 Å². The summed E-state index contributed by atoms with van der Waals surface area (Å²) in [5, 5.41) is 18.9. The van der Waals surface area contributed by atoms with Gasteiger partial charge in [-0.05, 0) is 46.9 Å². The molecule has 1 N–H and O–H groups in total. The molecule has 0 fully saturated rings. The van der Waals surface area contributed by atoms with Crippen LogP contribution in [0.25, 0.3) is 0 Å². The first-order valence-corrected chi connectivity index (χ1v) is 9.49. The number of nitriles is 1. The van der Waals surface area contributed by atoms with Crippen LogP contribution in [0.3, 0.4) is 0 Å². The van der Waals surface area contributed by atoms with Gasteiger partial charge in [-0.25, -0.2) is 15.0 Å². The van der Waals surface area contributed by atoms with E-state index in [9.17, 15) is 5.11 Å². The summed E-state index contributed by atoms with van der Waals surface area (Å²) in [6, 6.07) is 12.1. The van der Waals surface area contributed by atoms with Gasteiger partial charge in [0, 0.05) is 22.8 Å². The summed E-state index contributed by atoms with van der Waals surface area (Å²) in [6.45, 7) is 4.61. The molecule has 0 bridgehead atoms. The molecule has 4 heteroatoms. The van der Waals surface area contributed by atoms with Crippen molar-refractivity contribution in [1.29, 1.82) is 5.26 Å². The summed E-state index contributed by atoms with van der Waals surface area (Å²) in [5.74, 6) is 1.02. The molecular formula is C18H20N2OS. The predicted octanol–water partition coefficient (Wildman–Crippen LogP) is 3.99. The third kappa shape index (κ3) is 2.26. The lowest BCUT2D eigenvalue weighted by atomic mass is 9.96. The number of pyridine rings is 1. The number of fused-ring (bicyclic) bond motifs is 1. The number of rotatable bonds is 1. The second-order valence-electron chi connectivity index (χ2n) is 6.61. The van der Waals surface area contributed by atoms with E-state index < -0.39 is 10.0 Å². The third-order valence-electron chi connectivity index (χ3n) is 4.85. The molecule has 1 aliphatic rings. The van der Waals surface area contributed by atoms with Crippen LogP contribution in [0.1, 0.15) is 30.5 Å². The molecule has 0 saturated carbocycles. The molecule has 1 aromatic heterocycles. The van der Waals surface area contributed by atoms with Crippen LogP contribution in [0.4, 0.5) is 0 Å². The average Bonchev–Trinajstić information content (AvgIpc) is 2.47. The molecule has 0 aliphatic carbocycles. The molecule has 3 nitrogen and oxygen atoms in total. The first kappa shape index (κ1) is 14.9. The van der Waals surface area contributed by atoms with Gasteiger partial charge >= 0.3 is 0 Å². The molecule has 114 valence electrons. The fourth-order valence-corrected chi connectivity index (χ4v) is 6.50. The van der Waals surface area contributed by atoms with Crippen LogP contribution >= 0.6 is 10.0 Å². The van der Waals surface area contributed by atoms with E-state index in [1.165, 1.54) is 16.0 Å². The SMILES string of the molecule is CC1(C)Cc2ccc(C#N)cc2CS1(C)c1ccnc(O)c1. The van der Waals surface area contributed by atoms with E-state index in [0.717, 1.165) is 17.7 Å². The number of nitrogens with zero attached hydrogens (tertiary/aromatic N) is 2. The maximum atomic E-state index is 9.76. The van der Waals surface area contributed by atoms with Crippen molar-refractivity contribution < 1.29 is 5.11 Å². The number of hydrogen-bond acceptors (Lipinski definition) is 3. The normalized spacial score (nSPS) is 25.5. The maximum absolute atomic E-state index is 9.76. The van der Waals surface area contributed by atoms with E-state index >= 15 is 0 Å². The van der Waals surface area contributed by atoms with E-state index in [2.05, 4.69) is 37.2 Å². The number of benzene rings is 1. The van der Waals surface area contributed by atoms with Gasteiger partial charge in [-0.1, -0.05) is 19.9 Å². The first-order valence-electron chi connectivity index (χ1n) is 7.28. The molecule has 0 spiro atoms. The van der Waals surface area contributed by atoms with Gasteiger partial charge in [-0.15, -0.1) is 0 Å². The molecule has 1 aromatic carbocycles. The molecule has 1 atom stereocenters. The Bertz CT molecular complexity index is 779. The minimum Gasteiger partial charge on any atom is -0.493 e. The van der Waals surface area contributed by atoms with E-state index in [1.54, 1.807) is 12.3 Å². The summed E-state index contributed by atoms with van der Waals surface area (Å²) in [4.78, 5) is 5.09. The van der Waals surface area contributed by atoms with Crippen molar-refractivity contribution in [3.63, 3.8) is 0 Å². The van der Waals surface area contributed by atoms with Crippen LogP contribution in [0, 0.1) is 11.3 Å². The lowest BCUT2D eigenvalue weighted by molar-refractivity contribution is 0.451. The molecule has 1 unspecified atom stereocenters. The quantitative estimate of drug-likeness (QED) is 0.866. The minimum atomic E-state index is -1.17. The zero-order valence-electron chi connectivity index (χ0n) is 13.1. The van der Waals surface area contributed by atoms with Crippen LogP contribution < -0.4 is 0 Å². The summed E-state index contributed by atoms with van der Waals surface area (Å²) in [7, 11) is -1.17. The Kier molecular flexibility index (Phi) is 3.41. The maximum Gasteiger partial charge on any atom is 0.211 e. The Hall–Kier alpha value is -1.99. The zero-order chi connectivity index (χ0) is 16.0. The topological polar surface area (TPSA) is 56.9 Å². The van der Waals surface area contributed by atoms with Crippen LogP contribution in [0.15, 0.2) is 41.4 Å². The van der Waals surface area contributed by atoms with Crippen molar-refractivity contribution in [2.24, 2.45) is 0 Å². The Morgan fingerprint density at radius 3 is 2.68 bits per heavy atom. The van der Waals surface area contributed by atoms with E-state index in [4.69, 9.17) is 5.26 Å². The standard InChI is InChI=1S/C18H20N2OS/c1-18(2)10-14-5-4-13(11-19)8-15(14)12-22(18,3)16-6-7-20-17(21)9-16/h4-9H,10,12H2,1-3H3,(H,20,21). The van der Waals surface area contributed by atoms with Gasteiger partial charge in [0.1, 0.15) is 0 Å². The summed E-state index contributed by atoms with van der Waals surface area (Å²) < 4.78 is 0.127. The minimum absolute atomic E-state index is 0.0820. The molecule has 2 heterocycles. The molecule has 22 heavy (non-hydrogen) atoms. The number of hydrogen-bond donors (Lipinski definition) is 1. The smallest absolute Gasteiger partial charge is 0.211 e. The molecule has 0 saturated heterocycles. The second kappa shape index (κ2) is 5.03. The first-order chi connectivity index (χ1) is 10.4. The van der Waals surface area contributed by atoms with Gasteiger partial charge in [-0.3, -0.25) is 0 Å². The van der Waals surface area contributed by atoms with Gasteiger partial charge in [0.25, 0.3) is 0 Å². The third-order valence-corrected chi connectivity index (χ3v) is 9.62. The Morgan fingerprint density at radius 1 is 1.23 bits per heavy atom. The Morgan fingerprint density at radius 2 is 2.00 bits per heavy atom. The highest BCUT2D eigenvalue weighted by Gasteiger charge is 2.42. The van der Waals surface area contributed by atoms with Crippen molar-refractivity contribution in [3.05, 3.63) is 53.2 Å².